The van der Waals surface area contributed by atoms with Crippen molar-refractivity contribution in [1.82, 2.24) is 0 Å². The van der Waals surface area contributed by atoms with Gasteiger partial charge in [0, 0.05) is 5.56 Å². The van der Waals surface area contributed by atoms with E-state index in [-0.39, 0.29) is 0 Å². The lowest BCUT2D eigenvalue weighted by Gasteiger charge is -2.23. The number of para-hydroxylation sites is 1. The van der Waals surface area contributed by atoms with Gasteiger partial charge in [-0.1, -0.05) is 18.2 Å². The summed E-state index contributed by atoms with van der Waals surface area (Å²) in [7, 11) is 0. The lowest BCUT2D eigenvalue weighted by atomic mass is 9.97. The zero-order chi connectivity index (χ0) is 10.8. The Kier molecular flexibility index (Phi) is 2.93. The minimum Gasteiger partial charge on any atom is -0.493 e. The van der Waals surface area contributed by atoms with Gasteiger partial charge < -0.3 is 14.9 Å². The van der Waals surface area contributed by atoms with E-state index in [0.717, 1.165) is 24.2 Å². The number of aliphatic hydroxyl groups is 2. The maximum absolute atomic E-state index is 9.82. The standard InChI is InChI=1S/C12H16O3/c1-8(13)11(14)10-6-2-4-9-5-3-7-15-12(9)10/h2,4,6,8,11,13-14H,3,5,7H2,1H3. The molecule has 1 aromatic carbocycles. The van der Waals surface area contributed by atoms with Gasteiger partial charge in [-0.25, -0.2) is 0 Å². The van der Waals surface area contributed by atoms with Crippen molar-refractivity contribution in [3.8, 4) is 5.75 Å². The molecule has 82 valence electrons. The Morgan fingerprint density at radius 2 is 2.13 bits per heavy atom. The van der Waals surface area contributed by atoms with Crippen molar-refractivity contribution in [2.45, 2.75) is 32.0 Å². The maximum Gasteiger partial charge on any atom is 0.128 e. The first-order valence-electron chi connectivity index (χ1n) is 5.31. The topological polar surface area (TPSA) is 49.7 Å². The molecule has 0 aliphatic carbocycles. The summed E-state index contributed by atoms with van der Waals surface area (Å²) in [5, 5.41) is 19.2. The normalized spacial score (nSPS) is 18.9. The smallest absolute Gasteiger partial charge is 0.128 e. The van der Waals surface area contributed by atoms with Gasteiger partial charge >= 0.3 is 0 Å². The van der Waals surface area contributed by atoms with Crippen molar-refractivity contribution < 1.29 is 14.9 Å². The summed E-state index contributed by atoms with van der Waals surface area (Å²) >= 11 is 0. The van der Waals surface area contributed by atoms with E-state index >= 15 is 0 Å². The minimum atomic E-state index is -0.863. The van der Waals surface area contributed by atoms with Crippen molar-refractivity contribution in [3.63, 3.8) is 0 Å². The summed E-state index contributed by atoms with van der Waals surface area (Å²) in [6.07, 6.45) is 0.358. The molecule has 3 heteroatoms. The molecule has 0 spiro atoms. The highest BCUT2D eigenvalue weighted by Crippen LogP contribution is 2.33. The van der Waals surface area contributed by atoms with Gasteiger partial charge in [0.05, 0.1) is 12.7 Å². The molecule has 2 unspecified atom stereocenters. The number of hydrogen-bond donors (Lipinski definition) is 2. The molecule has 0 saturated carbocycles. The number of aryl methyl sites for hydroxylation is 1. The molecule has 1 heterocycles. The Balaban J connectivity index is 2.39. The molecule has 0 amide bonds. The van der Waals surface area contributed by atoms with E-state index in [0.29, 0.717) is 12.2 Å². The van der Waals surface area contributed by atoms with Crippen LogP contribution in [-0.4, -0.2) is 22.9 Å². The van der Waals surface area contributed by atoms with Gasteiger partial charge in [0.15, 0.2) is 0 Å². The molecule has 0 fully saturated rings. The van der Waals surface area contributed by atoms with Crippen LogP contribution in [0, 0.1) is 0 Å². The van der Waals surface area contributed by atoms with Crippen LogP contribution < -0.4 is 4.74 Å². The fourth-order valence-corrected chi connectivity index (χ4v) is 1.91. The van der Waals surface area contributed by atoms with Gasteiger partial charge in [-0.3, -0.25) is 0 Å². The molecule has 1 aliphatic rings. The number of hydrogen-bond acceptors (Lipinski definition) is 3. The minimum absolute atomic E-state index is 0.691. The first kappa shape index (κ1) is 10.5. The Morgan fingerprint density at radius 3 is 2.87 bits per heavy atom. The van der Waals surface area contributed by atoms with Crippen molar-refractivity contribution in [3.05, 3.63) is 29.3 Å². The second-order valence-electron chi connectivity index (χ2n) is 3.97. The predicted molar refractivity (Wildman–Crippen MR) is 56.9 cm³/mol. The molecular weight excluding hydrogens is 192 g/mol. The zero-order valence-electron chi connectivity index (χ0n) is 8.81. The molecule has 2 atom stereocenters. The van der Waals surface area contributed by atoms with E-state index in [4.69, 9.17) is 4.74 Å². The second-order valence-corrected chi connectivity index (χ2v) is 3.97. The number of ether oxygens (including phenoxy) is 1. The summed E-state index contributed by atoms with van der Waals surface area (Å²) < 4.78 is 5.55. The Labute approximate surface area is 89.3 Å². The number of rotatable bonds is 2. The van der Waals surface area contributed by atoms with Crippen LogP contribution in [0.15, 0.2) is 18.2 Å². The lowest BCUT2D eigenvalue weighted by Crippen LogP contribution is -2.18. The van der Waals surface area contributed by atoms with Gasteiger partial charge in [0.25, 0.3) is 0 Å². The van der Waals surface area contributed by atoms with E-state index < -0.39 is 12.2 Å². The number of fused-ring (bicyclic) bond motifs is 1. The average molecular weight is 208 g/mol. The van der Waals surface area contributed by atoms with E-state index in [1.165, 1.54) is 0 Å². The summed E-state index contributed by atoms with van der Waals surface area (Å²) in [5.74, 6) is 0.761. The van der Waals surface area contributed by atoms with Crippen LogP contribution in [-0.2, 0) is 6.42 Å². The largest absolute Gasteiger partial charge is 0.493 e. The van der Waals surface area contributed by atoms with Crippen LogP contribution in [0.2, 0.25) is 0 Å². The summed E-state index contributed by atoms with van der Waals surface area (Å²) in [4.78, 5) is 0. The van der Waals surface area contributed by atoms with E-state index in [1.807, 2.05) is 18.2 Å². The predicted octanol–water partition coefficient (Wildman–Crippen LogP) is 1.43. The fourth-order valence-electron chi connectivity index (χ4n) is 1.91. The van der Waals surface area contributed by atoms with Crippen molar-refractivity contribution in [1.29, 1.82) is 0 Å². The molecule has 1 aromatic rings. The molecule has 3 nitrogen and oxygen atoms in total. The van der Waals surface area contributed by atoms with Gasteiger partial charge in [0.2, 0.25) is 0 Å². The summed E-state index contributed by atoms with van der Waals surface area (Å²) in [6, 6.07) is 5.71. The molecule has 0 saturated heterocycles. The van der Waals surface area contributed by atoms with E-state index in [2.05, 4.69) is 0 Å². The highest BCUT2D eigenvalue weighted by molar-refractivity contribution is 5.44. The highest BCUT2D eigenvalue weighted by Gasteiger charge is 2.22. The molecule has 0 aromatic heterocycles. The van der Waals surface area contributed by atoms with Gasteiger partial charge in [-0.2, -0.15) is 0 Å². The second kappa shape index (κ2) is 4.21. The molecule has 2 N–H and O–H groups in total. The van der Waals surface area contributed by atoms with Crippen LogP contribution in [0.25, 0.3) is 0 Å². The van der Waals surface area contributed by atoms with E-state index in [9.17, 15) is 10.2 Å². The third-order valence-electron chi connectivity index (χ3n) is 2.74. The van der Waals surface area contributed by atoms with Gasteiger partial charge in [-0.15, -0.1) is 0 Å². The zero-order valence-corrected chi connectivity index (χ0v) is 8.81. The fraction of sp³-hybridized carbons (Fsp3) is 0.500. The third-order valence-corrected chi connectivity index (χ3v) is 2.74. The molecule has 1 aliphatic heterocycles. The first-order chi connectivity index (χ1) is 7.20. The Morgan fingerprint density at radius 1 is 1.33 bits per heavy atom. The van der Waals surface area contributed by atoms with Crippen LogP contribution in [0.1, 0.15) is 30.6 Å². The number of benzene rings is 1. The molecule has 15 heavy (non-hydrogen) atoms. The molecule has 2 rings (SSSR count). The van der Waals surface area contributed by atoms with Crippen molar-refractivity contribution in [2.24, 2.45) is 0 Å². The van der Waals surface area contributed by atoms with Gasteiger partial charge in [0.1, 0.15) is 11.9 Å². The van der Waals surface area contributed by atoms with E-state index in [1.54, 1.807) is 6.92 Å². The summed E-state index contributed by atoms with van der Waals surface area (Å²) in [5.41, 5.74) is 1.82. The van der Waals surface area contributed by atoms with Gasteiger partial charge in [-0.05, 0) is 25.3 Å². The summed E-state index contributed by atoms with van der Waals surface area (Å²) in [6.45, 7) is 2.27. The van der Waals surface area contributed by atoms with Crippen LogP contribution in [0.5, 0.6) is 5.75 Å². The third kappa shape index (κ3) is 1.98. The van der Waals surface area contributed by atoms with Crippen molar-refractivity contribution in [2.75, 3.05) is 6.61 Å². The number of aliphatic hydroxyl groups excluding tert-OH is 2. The highest BCUT2D eigenvalue weighted by atomic mass is 16.5. The molecule has 0 radical (unpaired) electrons. The maximum atomic E-state index is 9.82. The quantitative estimate of drug-likeness (QED) is 0.773. The average Bonchev–Trinajstić information content (AvgIpc) is 2.27. The monoisotopic (exact) mass is 208 g/mol. The van der Waals surface area contributed by atoms with Crippen LogP contribution in [0.3, 0.4) is 0 Å². The SMILES string of the molecule is CC(O)C(O)c1cccc2c1OCCC2. The van der Waals surface area contributed by atoms with Crippen LogP contribution >= 0.6 is 0 Å². The lowest BCUT2D eigenvalue weighted by molar-refractivity contribution is 0.0283. The van der Waals surface area contributed by atoms with Crippen molar-refractivity contribution >= 4 is 0 Å². The molecule has 0 bridgehead atoms. The Hall–Kier alpha value is -1.06. The molecular formula is C12H16O3. The van der Waals surface area contributed by atoms with Crippen LogP contribution in [0.4, 0.5) is 0 Å². The first-order valence-corrected chi connectivity index (χ1v) is 5.31. The Bertz CT molecular complexity index is 347.